The van der Waals surface area contributed by atoms with Gasteiger partial charge in [-0.2, -0.15) is 8.78 Å². The average Bonchev–Trinajstić information content (AvgIpc) is 3.76. The zero-order valence-electron chi connectivity index (χ0n) is 20.9. The number of alkyl carbamates (subject to hydrolysis) is 1. The minimum absolute atomic E-state index is 0. The maximum atomic E-state index is 13.3. The lowest BCUT2D eigenvalue weighted by Crippen LogP contribution is -2.34. The number of ether oxygens (including phenoxy) is 3. The Morgan fingerprint density at radius 1 is 1.21 bits per heavy atom. The van der Waals surface area contributed by atoms with Gasteiger partial charge < -0.3 is 34.6 Å². The highest BCUT2D eigenvalue weighted by molar-refractivity contribution is 5.94. The van der Waals surface area contributed by atoms with Gasteiger partial charge in [0.25, 0.3) is 5.91 Å². The highest BCUT2D eigenvalue weighted by Crippen LogP contribution is 2.37. The first-order valence-corrected chi connectivity index (χ1v) is 12.5. The van der Waals surface area contributed by atoms with Crippen LogP contribution in [0.4, 0.5) is 13.6 Å². The van der Waals surface area contributed by atoms with Crippen molar-refractivity contribution in [2.45, 2.75) is 63.8 Å². The van der Waals surface area contributed by atoms with E-state index in [0.29, 0.717) is 31.1 Å². The molecule has 3 aliphatic rings. The molecule has 1 aromatic heterocycles. The number of amides is 2. The summed E-state index contributed by atoms with van der Waals surface area (Å²) < 4.78 is 47.4. The number of nitrogens with one attached hydrogen (secondary N) is 1. The van der Waals surface area contributed by atoms with E-state index in [0.717, 1.165) is 25.7 Å². The average molecular weight is 557 g/mol. The molecule has 2 saturated carbocycles. The van der Waals surface area contributed by atoms with E-state index in [1.807, 2.05) is 0 Å². The van der Waals surface area contributed by atoms with E-state index >= 15 is 0 Å². The molecule has 13 heteroatoms. The van der Waals surface area contributed by atoms with E-state index < -0.39 is 24.9 Å². The number of nitrogens with two attached hydrogens (primary N) is 1. The Morgan fingerprint density at radius 3 is 2.63 bits per heavy atom. The molecule has 3 fully saturated rings. The van der Waals surface area contributed by atoms with Crippen LogP contribution < -0.4 is 20.5 Å². The van der Waals surface area contributed by atoms with Crippen molar-refractivity contribution in [2.75, 3.05) is 19.7 Å². The Hall–Kier alpha value is -3.12. The molecule has 1 aliphatic heterocycles. The Morgan fingerprint density at radius 2 is 1.97 bits per heavy atom. The van der Waals surface area contributed by atoms with Gasteiger partial charge in [0.15, 0.2) is 23.0 Å². The summed E-state index contributed by atoms with van der Waals surface area (Å²) in [6.45, 7) is -0.322. The smallest absolute Gasteiger partial charge is 0.407 e. The van der Waals surface area contributed by atoms with Gasteiger partial charge >= 0.3 is 12.7 Å². The molecule has 1 aromatic carbocycles. The topological polar surface area (TPSA) is 129 Å². The lowest BCUT2D eigenvalue weighted by Gasteiger charge is -2.16. The fourth-order valence-electron chi connectivity index (χ4n) is 4.09. The molecule has 0 radical (unpaired) electrons. The molecule has 1 saturated heterocycles. The largest absolute Gasteiger partial charge is 0.489 e. The van der Waals surface area contributed by atoms with Gasteiger partial charge in [-0.25, -0.2) is 9.78 Å². The molecular formula is C25H31ClF2N4O6. The summed E-state index contributed by atoms with van der Waals surface area (Å²) >= 11 is 0. The molecular weight excluding hydrogens is 526 g/mol. The number of carbonyl (C=O) groups excluding carboxylic acids is 2. The number of carbonyl (C=O) groups is 2. The summed E-state index contributed by atoms with van der Waals surface area (Å²) in [4.78, 5) is 31.2. The third-order valence-electron chi connectivity index (χ3n) is 6.45. The lowest BCUT2D eigenvalue weighted by atomic mass is 10.2. The zero-order chi connectivity index (χ0) is 26.1. The second-order valence-electron chi connectivity index (χ2n) is 9.80. The van der Waals surface area contributed by atoms with E-state index in [2.05, 4.69) is 15.0 Å². The molecule has 2 heterocycles. The molecule has 3 N–H and O–H groups in total. The van der Waals surface area contributed by atoms with Crippen molar-refractivity contribution in [3.63, 3.8) is 0 Å². The van der Waals surface area contributed by atoms with E-state index in [1.165, 1.54) is 18.2 Å². The Bertz CT molecular complexity index is 1150. The van der Waals surface area contributed by atoms with Crippen molar-refractivity contribution in [1.29, 1.82) is 0 Å². The van der Waals surface area contributed by atoms with Crippen molar-refractivity contribution in [1.82, 2.24) is 15.2 Å². The molecule has 38 heavy (non-hydrogen) atoms. The van der Waals surface area contributed by atoms with Crippen molar-refractivity contribution in [3.05, 3.63) is 29.7 Å². The Balaban J connectivity index is 0.00000336. The molecule has 0 spiro atoms. The maximum Gasteiger partial charge on any atom is 0.407 e. The minimum Gasteiger partial charge on any atom is -0.489 e. The quantitative estimate of drug-likeness (QED) is 0.444. The Labute approximate surface area is 224 Å². The van der Waals surface area contributed by atoms with Gasteiger partial charge in [0.1, 0.15) is 6.10 Å². The Kier molecular flexibility index (Phi) is 8.61. The van der Waals surface area contributed by atoms with Crippen molar-refractivity contribution >= 4 is 24.4 Å². The maximum absolute atomic E-state index is 13.3. The fourth-order valence-corrected chi connectivity index (χ4v) is 4.09. The van der Waals surface area contributed by atoms with Gasteiger partial charge in [0, 0.05) is 24.6 Å². The van der Waals surface area contributed by atoms with Crippen LogP contribution in [0, 0.1) is 5.92 Å². The van der Waals surface area contributed by atoms with Gasteiger partial charge in [-0.1, -0.05) is 0 Å². The first kappa shape index (κ1) is 27.9. The first-order valence-electron chi connectivity index (χ1n) is 12.5. The SMILES string of the molecule is C[C@H](N)c1oc(-c2ccc(OC(F)F)c(OCC3CC3)c2)nc1C(=O)N1CCC(OC(=O)NC2CC2)C1.Cl. The third-order valence-corrected chi connectivity index (χ3v) is 6.45. The molecule has 2 atom stereocenters. The van der Waals surface area contributed by atoms with Crippen LogP contribution in [-0.2, 0) is 4.74 Å². The number of alkyl halides is 2. The molecule has 208 valence electrons. The summed E-state index contributed by atoms with van der Waals surface area (Å²) in [7, 11) is 0. The van der Waals surface area contributed by atoms with E-state index in [9.17, 15) is 18.4 Å². The number of rotatable bonds is 10. The number of benzene rings is 1. The van der Waals surface area contributed by atoms with Crippen LogP contribution in [0.15, 0.2) is 22.6 Å². The number of aromatic nitrogens is 1. The second kappa shape index (κ2) is 11.7. The van der Waals surface area contributed by atoms with Gasteiger partial charge in [0.05, 0.1) is 19.2 Å². The number of oxazole rings is 1. The molecule has 10 nitrogen and oxygen atoms in total. The summed E-state index contributed by atoms with van der Waals surface area (Å²) in [5, 5.41) is 2.77. The zero-order valence-corrected chi connectivity index (χ0v) is 21.7. The van der Waals surface area contributed by atoms with Gasteiger partial charge in [0.2, 0.25) is 5.89 Å². The lowest BCUT2D eigenvalue weighted by molar-refractivity contribution is -0.0515. The molecule has 1 unspecified atom stereocenters. The van der Waals surface area contributed by atoms with Crippen LogP contribution in [0.25, 0.3) is 11.5 Å². The number of hydrogen-bond acceptors (Lipinski definition) is 8. The van der Waals surface area contributed by atoms with Crippen molar-refractivity contribution in [3.8, 4) is 23.0 Å². The molecule has 0 bridgehead atoms. The molecule has 2 aliphatic carbocycles. The van der Waals surface area contributed by atoms with Gasteiger partial charge in [-0.05, 0) is 56.7 Å². The van der Waals surface area contributed by atoms with Crippen molar-refractivity contribution < 1.29 is 37.0 Å². The van der Waals surface area contributed by atoms with E-state index in [4.69, 9.17) is 19.6 Å². The third kappa shape index (κ3) is 6.84. The fraction of sp³-hybridized carbons (Fsp3) is 0.560. The standard InChI is InChI=1S/C25H30F2N4O6.ClH/c1-13(28)21-20(23(32)31-9-8-17(11-31)35-25(33)29-16-5-6-16)30-22(37-21)15-4-7-18(36-24(26)27)19(10-15)34-12-14-2-3-14;/h4,7,10,13-14,16-17,24H,2-3,5-6,8-9,11-12,28H2,1H3,(H,29,33);1H/t13-,17?;/m0./s1. The van der Waals surface area contributed by atoms with E-state index in [1.54, 1.807) is 11.8 Å². The predicted molar refractivity (Wildman–Crippen MR) is 134 cm³/mol. The van der Waals surface area contributed by atoms with Gasteiger partial charge in [-0.15, -0.1) is 12.4 Å². The summed E-state index contributed by atoms with van der Waals surface area (Å²) in [6.07, 6.45) is 3.59. The highest BCUT2D eigenvalue weighted by Gasteiger charge is 2.34. The number of nitrogens with zero attached hydrogens (tertiary/aromatic N) is 2. The summed E-state index contributed by atoms with van der Waals surface area (Å²) in [5.74, 6) is 0.354. The van der Waals surface area contributed by atoms with Gasteiger partial charge in [-0.3, -0.25) is 4.79 Å². The minimum atomic E-state index is -3.00. The predicted octanol–water partition coefficient (Wildman–Crippen LogP) is 4.28. The highest BCUT2D eigenvalue weighted by atomic mass is 35.5. The van der Waals surface area contributed by atoms with E-state index in [-0.39, 0.29) is 59.7 Å². The molecule has 5 rings (SSSR count). The number of halogens is 3. The van der Waals surface area contributed by atoms with Crippen LogP contribution >= 0.6 is 12.4 Å². The van der Waals surface area contributed by atoms with Crippen LogP contribution in [0.3, 0.4) is 0 Å². The van der Waals surface area contributed by atoms with Crippen molar-refractivity contribution in [2.24, 2.45) is 11.7 Å². The normalized spacial score (nSPS) is 19.6. The molecule has 2 amide bonds. The van der Waals surface area contributed by atoms with Crippen LogP contribution in [0.1, 0.15) is 61.3 Å². The molecule has 2 aromatic rings. The first-order chi connectivity index (χ1) is 17.8. The summed E-state index contributed by atoms with van der Waals surface area (Å²) in [6, 6.07) is 3.92. The number of hydrogen-bond donors (Lipinski definition) is 2. The second-order valence-corrected chi connectivity index (χ2v) is 9.80. The summed E-state index contributed by atoms with van der Waals surface area (Å²) in [5.41, 5.74) is 6.56. The van der Waals surface area contributed by atoms with Crippen LogP contribution in [0.5, 0.6) is 11.5 Å². The van der Waals surface area contributed by atoms with Crippen LogP contribution in [-0.4, -0.2) is 60.3 Å². The van der Waals surface area contributed by atoms with Crippen LogP contribution in [0.2, 0.25) is 0 Å². The number of likely N-dealkylation sites (tertiary alicyclic amines) is 1. The monoisotopic (exact) mass is 556 g/mol.